The minimum absolute atomic E-state index is 0.599. The van der Waals surface area contributed by atoms with Crippen LogP contribution in [0.3, 0.4) is 0 Å². The lowest BCUT2D eigenvalue weighted by atomic mass is 10.2. The Morgan fingerprint density at radius 1 is 1.36 bits per heavy atom. The van der Waals surface area contributed by atoms with Crippen LogP contribution < -0.4 is 0 Å². The van der Waals surface area contributed by atoms with E-state index in [0.717, 1.165) is 32.5 Å². The molecule has 1 fully saturated rings. The van der Waals surface area contributed by atoms with E-state index in [-0.39, 0.29) is 0 Å². The lowest BCUT2D eigenvalue weighted by Crippen LogP contribution is -2.52. The smallest absolute Gasteiger partial charge is 0.448 e. The molecule has 6 heteroatoms. The van der Waals surface area contributed by atoms with E-state index < -0.39 is 6.16 Å². The predicted molar refractivity (Wildman–Crippen MR) is 48.9 cm³/mol. The van der Waals surface area contributed by atoms with Crippen LogP contribution in [0.2, 0.25) is 0 Å². The first kappa shape index (κ1) is 9.11. The molecular formula is C8H13N3O3. The summed E-state index contributed by atoms with van der Waals surface area (Å²) in [5.41, 5.74) is 0. The van der Waals surface area contributed by atoms with Gasteiger partial charge < -0.3 is 14.8 Å². The number of guanidine groups is 1. The summed E-state index contributed by atoms with van der Waals surface area (Å²) < 4.78 is 0. The molecule has 0 aromatic carbocycles. The molecule has 1 saturated heterocycles. The van der Waals surface area contributed by atoms with Gasteiger partial charge in [-0.25, -0.2) is 4.79 Å². The maximum atomic E-state index is 10.4. The number of hydroxylamine groups is 2. The molecule has 0 unspecified atom stereocenters. The highest BCUT2D eigenvalue weighted by atomic mass is 16.8. The van der Waals surface area contributed by atoms with Crippen LogP contribution in [-0.4, -0.2) is 53.4 Å². The van der Waals surface area contributed by atoms with Gasteiger partial charge in [0.25, 0.3) is 0 Å². The van der Waals surface area contributed by atoms with Crippen LogP contribution in [0.4, 0.5) is 4.79 Å². The largest absolute Gasteiger partial charge is 0.530 e. The summed E-state index contributed by atoms with van der Waals surface area (Å²) in [6.45, 7) is 3.24. The number of hydrogen-bond acceptors (Lipinski definition) is 5. The topological polar surface area (TPSA) is 65.4 Å². The third-order valence-corrected chi connectivity index (χ3v) is 2.32. The minimum atomic E-state index is -1.28. The zero-order valence-corrected chi connectivity index (χ0v) is 7.85. The number of fused-ring (bicyclic) bond motifs is 1. The fraction of sp³-hybridized carbons (Fsp3) is 0.750. The average molecular weight is 199 g/mol. The Hall–Kier alpha value is -1.46. The molecule has 2 rings (SSSR count). The summed E-state index contributed by atoms with van der Waals surface area (Å²) in [6.07, 6.45) is 0.664. The van der Waals surface area contributed by atoms with Crippen LogP contribution in [0, 0.1) is 0 Å². The Labute approximate surface area is 81.7 Å². The molecule has 6 nitrogen and oxygen atoms in total. The zero-order chi connectivity index (χ0) is 9.97. The van der Waals surface area contributed by atoms with Crippen LogP contribution in [0.25, 0.3) is 0 Å². The van der Waals surface area contributed by atoms with Crippen molar-refractivity contribution in [2.75, 3.05) is 26.2 Å². The van der Waals surface area contributed by atoms with Crippen LogP contribution >= 0.6 is 0 Å². The van der Waals surface area contributed by atoms with Gasteiger partial charge in [-0.15, -0.1) is 0 Å². The Morgan fingerprint density at radius 3 is 2.93 bits per heavy atom. The molecule has 0 bridgehead atoms. The third kappa shape index (κ3) is 1.73. The van der Waals surface area contributed by atoms with Gasteiger partial charge in [0.2, 0.25) is 5.96 Å². The first-order chi connectivity index (χ1) is 6.77. The van der Waals surface area contributed by atoms with Gasteiger partial charge in [0.1, 0.15) is 0 Å². The fourth-order valence-electron chi connectivity index (χ4n) is 1.77. The van der Waals surface area contributed by atoms with Gasteiger partial charge in [-0.1, -0.05) is 0 Å². The van der Waals surface area contributed by atoms with Crippen molar-refractivity contribution in [3.05, 3.63) is 0 Å². The van der Waals surface area contributed by atoms with E-state index in [1.165, 1.54) is 5.06 Å². The van der Waals surface area contributed by atoms with E-state index in [4.69, 9.17) is 5.11 Å². The van der Waals surface area contributed by atoms with Crippen molar-refractivity contribution in [2.24, 2.45) is 4.99 Å². The Morgan fingerprint density at radius 2 is 2.14 bits per heavy atom. The molecule has 78 valence electrons. The standard InChI is InChI=1S/C8H13N3O3/c12-8(13)14-11-6-2-5-10-4-1-3-9-7(10)11/h1-6H2,(H,12,13). The highest BCUT2D eigenvalue weighted by Gasteiger charge is 2.28. The normalized spacial score (nSPS) is 21.3. The molecule has 0 aromatic rings. The zero-order valence-electron chi connectivity index (χ0n) is 7.85. The van der Waals surface area contributed by atoms with Crippen LogP contribution in [0.5, 0.6) is 0 Å². The molecular weight excluding hydrogens is 186 g/mol. The van der Waals surface area contributed by atoms with Crippen molar-refractivity contribution in [3.63, 3.8) is 0 Å². The predicted octanol–water partition coefficient (Wildman–Crippen LogP) is 0.363. The van der Waals surface area contributed by atoms with E-state index in [0.29, 0.717) is 12.5 Å². The Kier molecular flexibility index (Phi) is 2.43. The Bertz CT molecular complexity index is 267. The van der Waals surface area contributed by atoms with Crippen molar-refractivity contribution in [3.8, 4) is 0 Å². The monoisotopic (exact) mass is 199 g/mol. The van der Waals surface area contributed by atoms with E-state index in [1.807, 2.05) is 0 Å². The first-order valence-electron chi connectivity index (χ1n) is 4.75. The lowest BCUT2D eigenvalue weighted by Gasteiger charge is -2.38. The second-order valence-corrected chi connectivity index (χ2v) is 3.34. The van der Waals surface area contributed by atoms with Crippen LogP contribution in [-0.2, 0) is 4.84 Å². The third-order valence-electron chi connectivity index (χ3n) is 2.32. The molecule has 2 heterocycles. The second kappa shape index (κ2) is 3.73. The van der Waals surface area contributed by atoms with Crippen molar-refractivity contribution in [1.82, 2.24) is 9.96 Å². The molecule has 0 saturated carbocycles. The molecule has 0 aliphatic carbocycles. The molecule has 1 N–H and O–H groups in total. The van der Waals surface area contributed by atoms with Crippen molar-refractivity contribution in [2.45, 2.75) is 12.8 Å². The van der Waals surface area contributed by atoms with E-state index in [9.17, 15) is 4.79 Å². The molecule has 2 aliphatic heterocycles. The number of carboxylic acid groups (broad SMARTS) is 1. The number of hydrogen-bond donors (Lipinski definition) is 1. The first-order valence-corrected chi connectivity index (χ1v) is 4.75. The maximum Gasteiger partial charge on any atom is 0.530 e. The molecule has 0 atom stereocenters. The molecule has 0 radical (unpaired) electrons. The number of carbonyl (C=O) groups is 1. The molecule has 0 aromatic heterocycles. The summed E-state index contributed by atoms with van der Waals surface area (Å²) in [5, 5.41) is 9.88. The summed E-state index contributed by atoms with van der Waals surface area (Å²) in [5.74, 6) is 0.671. The molecule has 0 amide bonds. The maximum absolute atomic E-state index is 10.4. The van der Waals surface area contributed by atoms with E-state index in [1.54, 1.807) is 0 Å². The molecule has 2 aliphatic rings. The quantitative estimate of drug-likeness (QED) is 0.660. The van der Waals surface area contributed by atoms with Crippen molar-refractivity contribution < 1.29 is 14.7 Å². The van der Waals surface area contributed by atoms with E-state index in [2.05, 4.69) is 14.7 Å². The van der Waals surface area contributed by atoms with Crippen LogP contribution in [0.1, 0.15) is 12.8 Å². The average Bonchev–Trinajstić information content (AvgIpc) is 2.18. The molecule has 14 heavy (non-hydrogen) atoms. The molecule has 0 spiro atoms. The minimum Gasteiger partial charge on any atom is -0.448 e. The van der Waals surface area contributed by atoms with Crippen molar-refractivity contribution >= 4 is 12.1 Å². The summed E-state index contributed by atoms with van der Waals surface area (Å²) in [7, 11) is 0. The summed E-state index contributed by atoms with van der Waals surface area (Å²) in [6, 6.07) is 0. The SMILES string of the molecule is O=C(O)ON1CCCN2CCCN=C21. The highest BCUT2D eigenvalue weighted by molar-refractivity contribution is 5.81. The van der Waals surface area contributed by atoms with Gasteiger partial charge in [-0.05, 0) is 12.8 Å². The summed E-state index contributed by atoms with van der Waals surface area (Å²) >= 11 is 0. The highest BCUT2D eigenvalue weighted by Crippen LogP contribution is 2.14. The van der Waals surface area contributed by atoms with Gasteiger partial charge in [0, 0.05) is 19.6 Å². The second-order valence-electron chi connectivity index (χ2n) is 3.34. The Balaban J connectivity index is 2.08. The van der Waals surface area contributed by atoms with Gasteiger partial charge in [-0.3, -0.25) is 4.99 Å². The van der Waals surface area contributed by atoms with Gasteiger partial charge in [0.05, 0.1) is 6.54 Å². The summed E-state index contributed by atoms with van der Waals surface area (Å²) in [4.78, 5) is 21.4. The van der Waals surface area contributed by atoms with Gasteiger partial charge in [-0.2, -0.15) is 5.06 Å². The number of nitrogens with zero attached hydrogens (tertiary/aromatic N) is 3. The number of rotatable bonds is 1. The number of aliphatic imine (C=N–C) groups is 1. The van der Waals surface area contributed by atoms with Crippen LogP contribution in [0.15, 0.2) is 4.99 Å². The van der Waals surface area contributed by atoms with Gasteiger partial charge in [0.15, 0.2) is 0 Å². The van der Waals surface area contributed by atoms with Gasteiger partial charge >= 0.3 is 6.16 Å². The lowest BCUT2D eigenvalue weighted by molar-refractivity contribution is -0.0822. The van der Waals surface area contributed by atoms with E-state index >= 15 is 0 Å². The fourth-order valence-corrected chi connectivity index (χ4v) is 1.77. The van der Waals surface area contributed by atoms with Crippen molar-refractivity contribution in [1.29, 1.82) is 0 Å².